The highest BCUT2D eigenvalue weighted by Gasteiger charge is 2.14. The van der Waals surface area contributed by atoms with E-state index in [0.717, 1.165) is 16.2 Å². The molecule has 2 heterocycles. The quantitative estimate of drug-likeness (QED) is 0.566. The molecule has 142 valence electrons. The van der Waals surface area contributed by atoms with Gasteiger partial charge in [-0.05, 0) is 53.2 Å². The fourth-order valence-electron chi connectivity index (χ4n) is 2.41. The van der Waals surface area contributed by atoms with Crippen molar-refractivity contribution in [1.82, 2.24) is 15.1 Å². The molecule has 0 bridgehead atoms. The lowest BCUT2D eigenvalue weighted by molar-refractivity contribution is 0.0918. The molecule has 1 N–H and O–H groups in total. The summed E-state index contributed by atoms with van der Waals surface area (Å²) in [7, 11) is 0. The number of rotatable bonds is 7. The second-order valence-electron chi connectivity index (χ2n) is 5.57. The third-order valence-corrected chi connectivity index (χ3v) is 4.72. The molecule has 0 unspecified atom stereocenters. The second-order valence-corrected chi connectivity index (χ2v) is 6.83. The maximum absolute atomic E-state index is 13.0. The number of hydrogen-bond donors (Lipinski definition) is 1. The third kappa shape index (κ3) is 4.70. The summed E-state index contributed by atoms with van der Waals surface area (Å²) in [5.41, 5.74) is 0.868. The number of halogens is 3. The van der Waals surface area contributed by atoms with Crippen LogP contribution in [0.25, 0.3) is 0 Å². The highest BCUT2D eigenvalue weighted by atomic mass is 79.9. The fraction of sp³-hybridized carbons (Fsp3) is 0.222. The van der Waals surface area contributed by atoms with Gasteiger partial charge in [-0.3, -0.25) is 9.48 Å². The van der Waals surface area contributed by atoms with Crippen LogP contribution in [0, 0.1) is 5.82 Å². The van der Waals surface area contributed by atoms with Crippen molar-refractivity contribution < 1.29 is 18.3 Å². The number of carbonyl (C=O) groups excluding carboxylic acids is 1. The van der Waals surface area contributed by atoms with Crippen LogP contribution in [-0.4, -0.2) is 15.7 Å². The number of nitrogens with zero attached hydrogens (tertiary/aromatic N) is 2. The first-order chi connectivity index (χ1) is 13.0. The van der Waals surface area contributed by atoms with Gasteiger partial charge in [-0.15, -0.1) is 0 Å². The molecule has 0 aliphatic heterocycles. The summed E-state index contributed by atoms with van der Waals surface area (Å²) in [5.74, 6) is 0.146. The number of furan rings is 1. The first-order valence-electron chi connectivity index (χ1n) is 8.13. The molecule has 9 heteroatoms. The Kier molecular flexibility index (Phi) is 6.18. The van der Waals surface area contributed by atoms with Crippen molar-refractivity contribution in [3.8, 4) is 5.75 Å². The molecule has 6 nitrogen and oxygen atoms in total. The van der Waals surface area contributed by atoms with E-state index in [1.807, 2.05) is 6.92 Å². The lowest BCUT2D eigenvalue weighted by Gasteiger charge is -2.07. The van der Waals surface area contributed by atoms with Crippen LogP contribution >= 0.6 is 27.5 Å². The van der Waals surface area contributed by atoms with Crippen molar-refractivity contribution in [2.45, 2.75) is 26.6 Å². The van der Waals surface area contributed by atoms with Gasteiger partial charge in [-0.25, -0.2) is 4.39 Å². The topological polar surface area (TPSA) is 69.3 Å². The van der Waals surface area contributed by atoms with Gasteiger partial charge in [-0.1, -0.05) is 11.6 Å². The van der Waals surface area contributed by atoms with Crippen LogP contribution in [0.1, 0.15) is 28.9 Å². The van der Waals surface area contributed by atoms with Crippen LogP contribution in [0.15, 0.2) is 45.4 Å². The third-order valence-electron chi connectivity index (χ3n) is 3.76. The average molecular weight is 457 g/mol. The summed E-state index contributed by atoms with van der Waals surface area (Å²) >= 11 is 9.32. The Morgan fingerprint density at radius 3 is 2.96 bits per heavy atom. The maximum atomic E-state index is 13.0. The minimum atomic E-state index is -0.444. The molecule has 3 rings (SSSR count). The second kappa shape index (κ2) is 8.58. The van der Waals surface area contributed by atoms with Gasteiger partial charge in [0.05, 0.1) is 27.9 Å². The Morgan fingerprint density at radius 2 is 2.22 bits per heavy atom. The molecule has 0 spiro atoms. The van der Waals surface area contributed by atoms with Crippen molar-refractivity contribution in [2.24, 2.45) is 0 Å². The van der Waals surface area contributed by atoms with E-state index in [4.69, 9.17) is 20.8 Å². The zero-order chi connectivity index (χ0) is 19.4. The van der Waals surface area contributed by atoms with Gasteiger partial charge in [0.1, 0.15) is 23.9 Å². The smallest absolute Gasteiger partial charge is 0.287 e. The Labute approximate surface area is 168 Å². The average Bonchev–Trinajstić information content (AvgIpc) is 3.25. The molecule has 0 saturated heterocycles. The van der Waals surface area contributed by atoms with Crippen LogP contribution < -0.4 is 10.1 Å². The van der Waals surface area contributed by atoms with Crippen molar-refractivity contribution in [3.05, 3.63) is 69.1 Å². The Morgan fingerprint density at radius 1 is 1.41 bits per heavy atom. The number of carbonyl (C=O) groups is 1. The van der Waals surface area contributed by atoms with Crippen molar-refractivity contribution in [1.29, 1.82) is 0 Å². The Bertz CT molecular complexity index is 957. The van der Waals surface area contributed by atoms with Gasteiger partial charge < -0.3 is 14.5 Å². The minimum Gasteiger partial charge on any atom is -0.484 e. The van der Waals surface area contributed by atoms with E-state index >= 15 is 0 Å². The van der Waals surface area contributed by atoms with Crippen molar-refractivity contribution in [3.63, 3.8) is 0 Å². The standard InChI is InChI=1S/C18H16BrClFN3O3/c1-2-24-15(13(19)8-23-24)9-22-18(25)17-6-4-12(27-17)10-26-16-5-3-11(21)7-14(16)20/h3-8H,2,9-10H2,1H3,(H,22,25). The summed E-state index contributed by atoms with van der Waals surface area (Å²) in [6.45, 7) is 3.04. The molecule has 1 amide bonds. The van der Waals surface area contributed by atoms with Gasteiger partial charge >= 0.3 is 0 Å². The highest BCUT2D eigenvalue weighted by Crippen LogP contribution is 2.26. The molecule has 27 heavy (non-hydrogen) atoms. The van der Waals surface area contributed by atoms with E-state index in [2.05, 4.69) is 26.3 Å². The molecule has 0 radical (unpaired) electrons. The molecule has 2 aromatic heterocycles. The van der Waals surface area contributed by atoms with E-state index in [9.17, 15) is 9.18 Å². The van der Waals surface area contributed by atoms with Crippen LogP contribution in [0.3, 0.4) is 0 Å². The molecule has 0 aliphatic carbocycles. The zero-order valence-electron chi connectivity index (χ0n) is 14.3. The normalized spacial score (nSPS) is 10.8. The number of nitrogens with one attached hydrogen (secondary N) is 1. The lowest BCUT2D eigenvalue weighted by atomic mass is 10.3. The number of benzene rings is 1. The SMILES string of the molecule is CCn1ncc(Br)c1CNC(=O)c1ccc(COc2ccc(F)cc2Cl)o1. The van der Waals surface area contributed by atoms with Gasteiger partial charge in [0.15, 0.2) is 5.76 Å². The number of aromatic nitrogens is 2. The van der Waals surface area contributed by atoms with E-state index in [0.29, 0.717) is 24.6 Å². The number of ether oxygens (including phenoxy) is 1. The molecule has 0 aliphatic rings. The monoisotopic (exact) mass is 455 g/mol. The minimum absolute atomic E-state index is 0.0623. The van der Waals surface area contributed by atoms with Crippen LogP contribution in [0.5, 0.6) is 5.75 Å². The molecular formula is C18H16BrClFN3O3. The summed E-state index contributed by atoms with van der Waals surface area (Å²) in [6.07, 6.45) is 1.69. The van der Waals surface area contributed by atoms with Crippen molar-refractivity contribution in [2.75, 3.05) is 0 Å². The van der Waals surface area contributed by atoms with E-state index in [1.165, 1.54) is 12.1 Å². The summed E-state index contributed by atoms with van der Waals surface area (Å²) < 4.78 is 26.6. The Hall–Kier alpha value is -2.32. The number of hydrogen-bond acceptors (Lipinski definition) is 4. The number of aryl methyl sites for hydroxylation is 1. The Balaban J connectivity index is 1.58. The zero-order valence-corrected chi connectivity index (χ0v) is 16.7. The van der Waals surface area contributed by atoms with E-state index < -0.39 is 5.82 Å². The van der Waals surface area contributed by atoms with Crippen LogP contribution in [0.2, 0.25) is 5.02 Å². The molecule has 0 fully saturated rings. The molecule has 0 atom stereocenters. The highest BCUT2D eigenvalue weighted by molar-refractivity contribution is 9.10. The predicted molar refractivity (Wildman–Crippen MR) is 101 cm³/mol. The molecule has 3 aromatic rings. The fourth-order valence-corrected chi connectivity index (χ4v) is 3.06. The summed E-state index contributed by atoms with van der Waals surface area (Å²) in [6, 6.07) is 7.05. The summed E-state index contributed by atoms with van der Waals surface area (Å²) in [4.78, 5) is 12.3. The maximum Gasteiger partial charge on any atom is 0.287 e. The first-order valence-corrected chi connectivity index (χ1v) is 9.30. The van der Waals surface area contributed by atoms with Crippen LogP contribution in [-0.2, 0) is 19.7 Å². The van der Waals surface area contributed by atoms with Crippen molar-refractivity contribution >= 4 is 33.4 Å². The lowest BCUT2D eigenvalue weighted by Crippen LogP contribution is -2.24. The van der Waals surface area contributed by atoms with Gasteiger partial charge in [-0.2, -0.15) is 5.10 Å². The molecular weight excluding hydrogens is 441 g/mol. The van der Waals surface area contributed by atoms with Gasteiger partial charge in [0.2, 0.25) is 0 Å². The molecule has 1 aromatic carbocycles. The van der Waals surface area contributed by atoms with E-state index in [-0.39, 0.29) is 23.3 Å². The van der Waals surface area contributed by atoms with E-state index in [1.54, 1.807) is 23.0 Å². The number of amides is 1. The van der Waals surface area contributed by atoms with Gasteiger partial charge in [0, 0.05) is 6.54 Å². The largest absolute Gasteiger partial charge is 0.484 e. The molecule has 0 saturated carbocycles. The predicted octanol–water partition coefficient (Wildman–Crippen LogP) is 4.56. The van der Waals surface area contributed by atoms with Gasteiger partial charge in [0.25, 0.3) is 5.91 Å². The first kappa shape index (κ1) is 19.4. The van der Waals surface area contributed by atoms with Crippen LogP contribution in [0.4, 0.5) is 4.39 Å². The summed E-state index contributed by atoms with van der Waals surface area (Å²) in [5, 5.41) is 7.16.